The van der Waals surface area contributed by atoms with E-state index in [9.17, 15) is 8.42 Å². The third-order valence-electron chi connectivity index (χ3n) is 3.81. The lowest BCUT2D eigenvalue weighted by atomic mass is 10.3. The molecule has 0 saturated heterocycles. The van der Waals surface area contributed by atoms with Gasteiger partial charge in [0.25, 0.3) is 0 Å². The number of rotatable bonds is 6. The molecule has 7 heteroatoms. The Hall–Kier alpha value is -1.86. The molecule has 22 heavy (non-hydrogen) atoms. The monoisotopic (exact) mass is 321 g/mol. The molecule has 118 valence electrons. The third kappa shape index (κ3) is 2.86. The van der Waals surface area contributed by atoms with E-state index in [-0.39, 0.29) is 4.90 Å². The third-order valence-corrected chi connectivity index (χ3v) is 5.59. The number of aromatic nitrogens is 2. The summed E-state index contributed by atoms with van der Waals surface area (Å²) in [5.41, 5.74) is 0.705. The van der Waals surface area contributed by atoms with Crippen LogP contribution >= 0.6 is 0 Å². The van der Waals surface area contributed by atoms with Gasteiger partial charge < -0.3 is 4.74 Å². The Kier molecular flexibility index (Phi) is 3.92. The van der Waals surface area contributed by atoms with Crippen molar-refractivity contribution in [3.63, 3.8) is 0 Å². The van der Waals surface area contributed by atoms with Crippen LogP contribution in [-0.4, -0.2) is 43.2 Å². The first kappa shape index (κ1) is 15.1. The van der Waals surface area contributed by atoms with Crippen LogP contribution in [-0.2, 0) is 10.0 Å². The van der Waals surface area contributed by atoms with Gasteiger partial charge in [0.05, 0.1) is 19.5 Å². The first-order chi connectivity index (χ1) is 10.5. The Morgan fingerprint density at radius 3 is 2.77 bits per heavy atom. The fraction of sp³-hybridized carbons (Fsp3) is 0.400. The quantitative estimate of drug-likeness (QED) is 0.815. The topological polar surface area (TPSA) is 64.4 Å². The number of ether oxygens (including phenoxy) is 1. The fourth-order valence-corrected chi connectivity index (χ4v) is 3.51. The van der Waals surface area contributed by atoms with Crippen LogP contribution in [0.25, 0.3) is 5.69 Å². The highest BCUT2D eigenvalue weighted by Crippen LogP contribution is 2.31. The number of para-hydroxylation sites is 2. The van der Waals surface area contributed by atoms with Crippen molar-refractivity contribution in [1.29, 1.82) is 0 Å². The maximum absolute atomic E-state index is 12.5. The summed E-state index contributed by atoms with van der Waals surface area (Å²) < 4.78 is 33.3. The lowest BCUT2D eigenvalue weighted by molar-refractivity contribution is 0.411. The second-order valence-electron chi connectivity index (χ2n) is 5.52. The highest BCUT2D eigenvalue weighted by Gasteiger charge is 2.30. The maximum atomic E-state index is 12.5. The summed E-state index contributed by atoms with van der Waals surface area (Å²) in [4.78, 5) is 0.196. The molecular formula is C15H19N3O3S. The summed E-state index contributed by atoms with van der Waals surface area (Å²) in [6.07, 6.45) is 5.13. The van der Waals surface area contributed by atoms with Crippen LogP contribution in [0.15, 0.2) is 41.6 Å². The average molecular weight is 321 g/mol. The van der Waals surface area contributed by atoms with Gasteiger partial charge in [-0.25, -0.2) is 17.4 Å². The standard InChI is InChI=1S/C15H19N3O3S/c1-17(10-12-7-8-12)22(19,20)13-9-16-18(11-13)14-5-3-4-6-15(14)21-2/h3-6,9,11-12H,7-8,10H2,1-2H3. The van der Waals surface area contributed by atoms with Crippen molar-refractivity contribution in [1.82, 2.24) is 14.1 Å². The van der Waals surface area contributed by atoms with Crippen molar-refractivity contribution in [2.45, 2.75) is 17.7 Å². The smallest absolute Gasteiger partial charge is 0.245 e. The lowest BCUT2D eigenvalue weighted by Gasteiger charge is -2.15. The van der Waals surface area contributed by atoms with Gasteiger partial charge in [0, 0.05) is 13.6 Å². The number of hydrogen-bond donors (Lipinski definition) is 0. The summed E-state index contributed by atoms with van der Waals surface area (Å²) in [5.74, 6) is 1.14. The van der Waals surface area contributed by atoms with Gasteiger partial charge in [0.15, 0.2) is 0 Å². The van der Waals surface area contributed by atoms with Gasteiger partial charge in [0.1, 0.15) is 16.3 Å². The molecule has 1 fully saturated rings. The number of sulfonamides is 1. The molecule has 0 N–H and O–H groups in total. The molecule has 1 aliphatic carbocycles. The summed E-state index contributed by atoms with van der Waals surface area (Å²) in [7, 11) is -0.300. The van der Waals surface area contributed by atoms with E-state index in [1.165, 1.54) is 21.4 Å². The molecule has 0 aliphatic heterocycles. The highest BCUT2D eigenvalue weighted by molar-refractivity contribution is 7.89. The molecule has 1 aliphatic rings. The molecule has 0 spiro atoms. The second kappa shape index (κ2) is 5.73. The van der Waals surface area contributed by atoms with Gasteiger partial charge in [-0.15, -0.1) is 0 Å². The molecular weight excluding hydrogens is 302 g/mol. The molecule has 6 nitrogen and oxygen atoms in total. The van der Waals surface area contributed by atoms with Crippen molar-refractivity contribution >= 4 is 10.0 Å². The molecule has 1 aromatic heterocycles. The molecule has 3 rings (SSSR count). The predicted molar refractivity (Wildman–Crippen MR) is 82.7 cm³/mol. The van der Waals surface area contributed by atoms with Crippen LogP contribution in [0.5, 0.6) is 5.75 Å². The van der Waals surface area contributed by atoms with Gasteiger partial charge in [-0.1, -0.05) is 12.1 Å². The van der Waals surface area contributed by atoms with E-state index in [2.05, 4.69) is 5.10 Å². The van der Waals surface area contributed by atoms with Crippen LogP contribution in [0.4, 0.5) is 0 Å². The van der Waals surface area contributed by atoms with Crippen molar-refractivity contribution in [2.75, 3.05) is 20.7 Å². The minimum absolute atomic E-state index is 0.196. The van der Waals surface area contributed by atoms with Gasteiger partial charge in [-0.2, -0.15) is 5.10 Å². The number of hydrogen-bond acceptors (Lipinski definition) is 4. The van der Waals surface area contributed by atoms with Crippen molar-refractivity contribution in [3.8, 4) is 11.4 Å². The zero-order chi connectivity index (χ0) is 15.7. The van der Waals surface area contributed by atoms with Crippen molar-refractivity contribution in [3.05, 3.63) is 36.7 Å². The molecule has 1 heterocycles. The minimum atomic E-state index is -3.49. The SMILES string of the molecule is COc1ccccc1-n1cc(S(=O)(=O)N(C)CC2CC2)cn1. The summed E-state index contributed by atoms with van der Waals surface area (Å²) in [6, 6.07) is 7.35. The van der Waals surface area contributed by atoms with E-state index in [1.807, 2.05) is 24.3 Å². The van der Waals surface area contributed by atoms with Crippen LogP contribution in [0.2, 0.25) is 0 Å². The first-order valence-electron chi connectivity index (χ1n) is 7.17. The Labute approximate surface area is 130 Å². The summed E-state index contributed by atoms with van der Waals surface area (Å²) in [6.45, 7) is 0.572. The van der Waals surface area contributed by atoms with Crippen LogP contribution in [0.3, 0.4) is 0 Å². The van der Waals surface area contributed by atoms with Gasteiger partial charge >= 0.3 is 0 Å². The molecule has 0 amide bonds. The van der Waals surface area contributed by atoms with E-state index in [1.54, 1.807) is 14.2 Å². The van der Waals surface area contributed by atoms with Crippen LogP contribution in [0.1, 0.15) is 12.8 Å². The number of benzene rings is 1. The molecule has 0 atom stereocenters. The molecule has 2 aromatic rings. The van der Waals surface area contributed by atoms with E-state index >= 15 is 0 Å². The first-order valence-corrected chi connectivity index (χ1v) is 8.61. The van der Waals surface area contributed by atoms with E-state index in [0.29, 0.717) is 23.9 Å². The summed E-state index contributed by atoms with van der Waals surface area (Å²) >= 11 is 0. The molecule has 1 aromatic carbocycles. The average Bonchev–Trinajstić information content (AvgIpc) is 3.18. The normalized spacial score (nSPS) is 15.2. The van der Waals surface area contributed by atoms with Gasteiger partial charge in [-0.3, -0.25) is 0 Å². The Morgan fingerprint density at radius 2 is 2.09 bits per heavy atom. The van der Waals surface area contributed by atoms with Crippen molar-refractivity contribution < 1.29 is 13.2 Å². The van der Waals surface area contributed by atoms with Crippen LogP contribution in [0, 0.1) is 5.92 Å². The van der Waals surface area contributed by atoms with Crippen molar-refractivity contribution in [2.24, 2.45) is 5.92 Å². The molecule has 0 unspecified atom stereocenters. The Balaban J connectivity index is 1.89. The number of nitrogens with zero attached hydrogens (tertiary/aromatic N) is 3. The Bertz CT molecular complexity index is 766. The zero-order valence-corrected chi connectivity index (χ0v) is 13.5. The fourth-order valence-electron chi connectivity index (χ4n) is 2.33. The largest absolute Gasteiger partial charge is 0.494 e. The van der Waals surface area contributed by atoms with Gasteiger partial charge in [-0.05, 0) is 30.9 Å². The molecule has 1 saturated carbocycles. The van der Waals surface area contributed by atoms with Crippen LogP contribution < -0.4 is 4.74 Å². The molecule has 0 bridgehead atoms. The number of methoxy groups -OCH3 is 1. The molecule has 0 radical (unpaired) electrons. The Morgan fingerprint density at radius 1 is 1.36 bits per heavy atom. The zero-order valence-electron chi connectivity index (χ0n) is 12.6. The van der Waals surface area contributed by atoms with Gasteiger partial charge in [0.2, 0.25) is 10.0 Å². The van der Waals surface area contributed by atoms with E-state index in [4.69, 9.17) is 4.74 Å². The predicted octanol–water partition coefficient (Wildman–Crippen LogP) is 1.91. The highest BCUT2D eigenvalue weighted by atomic mass is 32.2. The minimum Gasteiger partial charge on any atom is -0.494 e. The lowest BCUT2D eigenvalue weighted by Crippen LogP contribution is -2.28. The second-order valence-corrected chi connectivity index (χ2v) is 7.57. The summed E-state index contributed by atoms with van der Waals surface area (Å²) in [5, 5.41) is 4.17. The van der Waals surface area contributed by atoms with E-state index < -0.39 is 10.0 Å². The maximum Gasteiger partial charge on any atom is 0.245 e. The van der Waals surface area contributed by atoms with E-state index in [0.717, 1.165) is 12.8 Å².